The second-order valence-corrected chi connectivity index (χ2v) is 5.70. The number of aryl methyl sites for hydroxylation is 2. The van der Waals surface area contributed by atoms with Crippen LogP contribution in [0.2, 0.25) is 0 Å². The van der Waals surface area contributed by atoms with Crippen LogP contribution in [0.5, 0.6) is 11.5 Å². The fraction of sp³-hybridized carbons (Fsp3) is 0.222. The molecule has 5 nitrogen and oxygen atoms in total. The monoisotopic (exact) mass is 309 g/mol. The lowest BCUT2D eigenvalue weighted by Crippen LogP contribution is -1.98. The van der Waals surface area contributed by atoms with E-state index in [-0.39, 0.29) is 11.4 Å². The summed E-state index contributed by atoms with van der Waals surface area (Å²) in [6.07, 6.45) is 4.31. The van der Waals surface area contributed by atoms with E-state index in [4.69, 9.17) is 9.15 Å². The standard InChI is InChI=1S/C18H15NO4/c20-19(21)15-6-2-4-8-18(15)22-12-9-10-17-14(11-12)13-5-1-3-7-16(13)23-17/h2,4,6,8-11H,1,3,5,7H2. The Balaban J connectivity index is 1.74. The zero-order valence-electron chi connectivity index (χ0n) is 12.5. The van der Waals surface area contributed by atoms with E-state index in [1.165, 1.54) is 11.6 Å². The molecule has 0 saturated carbocycles. The van der Waals surface area contributed by atoms with Crippen molar-refractivity contribution >= 4 is 16.7 Å². The molecule has 1 heterocycles. The number of nitro groups is 1. The number of nitrogens with zero attached hydrogens (tertiary/aromatic N) is 1. The lowest BCUT2D eigenvalue weighted by atomic mass is 9.96. The van der Waals surface area contributed by atoms with Crippen LogP contribution in [0, 0.1) is 10.1 Å². The molecule has 1 aliphatic carbocycles. The summed E-state index contributed by atoms with van der Waals surface area (Å²) >= 11 is 0. The minimum absolute atomic E-state index is 0.0400. The van der Waals surface area contributed by atoms with Crippen LogP contribution in [0.15, 0.2) is 46.9 Å². The summed E-state index contributed by atoms with van der Waals surface area (Å²) in [5.41, 5.74) is 2.06. The van der Waals surface area contributed by atoms with E-state index < -0.39 is 4.92 Å². The number of furan rings is 1. The molecule has 0 spiro atoms. The van der Waals surface area contributed by atoms with Crippen molar-refractivity contribution in [2.75, 3.05) is 0 Å². The molecule has 0 fully saturated rings. The molecule has 2 aromatic carbocycles. The topological polar surface area (TPSA) is 65.5 Å². The van der Waals surface area contributed by atoms with Gasteiger partial charge in [-0.05, 0) is 43.5 Å². The number of hydrogen-bond acceptors (Lipinski definition) is 4. The molecule has 5 heteroatoms. The van der Waals surface area contributed by atoms with E-state index in [2.05, 4.69) is 0 Å². The number of benzene rings is 2. The van der Waals surface area contributed by atoms with Crippen LogP contribution >= 0.6 is 0 Å². The van der Waals surface area contributed by atoms with E-state index in [0.29, 0.717) is 5.75 Å². The van der Waals surface area contributed by atoms with Crippen molar-refractivity contribution in [2.24, 2.45) is 0 Å². The predicted molar refractivity (Wildman–Crippen MR) is 86.0 cm³/mol. The lowest BCUT2D eigenvalue weighted by Gasteiger charge is -2.09. The van der Waals surface area contributed by atoms with Crippen molar-refractivity contribution in [3.63, 3.8) is 0 Å². The second-order valence-electron chi connectivity index (χ2n) is 5.70. The van der Waals surface area contributed by atoms with Crippen molar-refractivity contribution in [1.29, 1.82) is 0 Å². The summed E-state index contributed by atoms with van der Waals surface area (Å²) in [7, 11) is 0. The maximum atomic E-state index is 11.1. The molecule has 4 rings (SSSR count). The Morgan fingerprint density at radius 2 is 1.91 bits per heavy atom. The first-order valence-corrected chi connectivity index (χ1v) is 7.68. The van der Waals surface area contributed by atoms with Gasteiger partial charge in [0.2, 0.25) is 5.75 Å². The van der Waals surface area contributed by atoms with Gasteiger partial charge in [-0.1, -0.05) is 12.1 Å². The highest BCUT2D eigenvalue weighted by Crippen LogP contribution is 2.36. The summed E-state index contributed by atoms with van der Waals surface area (Å²) in [5, 5.41) is 12.1. The largest absolute Gasteiger partial charge is 0.461 e. The molecule has 3 aromatic rings. The summed E-state index contributed by atoms with van der Waals surface area (Å²) in [4.78, 5) is 10.6. The third-order valence-electron chi connectivity index (χ3n) is 4.22. The van der Waals surface area contributed by atoms with Crippen molar-refractivity contribution < 1.29 is 14.1 Å². The Morgan fingerprint density at radius 1 is 1.09 bits per heavy atom. The molecule has 0 unspecified atom stereocenters. The fourth-order valence-electron chi connectivity index (χ4n) is 3.13. The van der Waals surface area contributed by atoms with Gasteiger partial charge in [-0.25, -0.2) is 0 Å². The van der Waals surface area contributed by atoms with Crippen molar-refractivity contribution in [2.45, 2.75) is 25.7 Å². The molecule has 1 aromatic heterocycles. The van der Waals surface area contributed by atoms with E-state index >= 15 is 0 Å². The maximum Gasteiger partial charge on any atom is 0.311 e. The van der Waals surface area contributed by atoms with Gasteiger partial charge in [0.25, 0.3) is 0 Å². The molecule has 0 radical (unpaired) electrons. The van der Waals surface area contributed by atoms with Gasteiger partial charge in [-0.2, -0.15) is 0 Å². The van der Waals surface area contributed by atoms with Gasteiger partial charge in [-0.3, -0.25) is 10.1 Å². The fourth-order valence-corrected chi connectivity index (χ4v) is 3.13. The third kappa shape index (κ3) is 2.44. The zero-order chi connectivity index (χ0) is 15.8. The average molecular weight is 309 g/mol. The molecular formula is C18H15NO4. The highest BCUT2D eigenvalue weighted by Gasteiger charge is 2.19. The van der Waals surface area contributed by atoms with Crippen LogP contribution in [0.25, 0.3) is 11.0 Å². The van der Waals surface area contributed by atoms with Crippen LogP contribution in [0.3, 0.4) is 0 Å². The number of fused-ring (bicyclic) bond motifs is 3. The summed E-state index contributed by atoms with van der Waals surface area (Å²) < 4.78 is 11.6. The van der Waals surface area contributed by atoms with Gasteiger partial charge < -0.3 is 9.15 Å². The second kappa shape index (κ2) is 5.43. The first-order chi connectivity index (χ1) is 11.2. The molecule has 0 atom stereocenters. The van der Waals surface area contributed by atoms with Crippen LogP contribution in [-0.2, 0) is 12.8 Å². The van der Waals surface area contributed by atoms with Gasteiger partial charge in [0.15, 0.2) is 0 Å². The summed E-state index contributed by atoms with van der Waals surface area (Å²) in [6, 6.07) is 12.0. The molecule has 0 N–H and O–H groups in total. The number of para-hydroxylation sites is 2. The molecule has 0 saturated heterocycles. The van der Waals surface area contributed by atoms with Crippen LogP contribution in [-0.4, -0.2) is 4.92 Å². The van der Waals surface area contributed by atoms with Gasteiger partial charge in [0.1, 0.15) is 17.1 Å². The molecular weight excluding hydrogens is 294 g/mol. The van der Waals surface area contributed by atoms with Crippen molar-refractivity contribution in [3.8, 4) is 11.5 Å². The Hall–Kier alpha value is -2.82. The lowest BCUT2D eigenvalue weighted by molar-refractivity contribution is -0.385. The van der Waals surface area contributed by atoms with E-state index in [9.17, 15) is 10.1 Å². The Labute approximate surface area is 132 Å². The quantitative estimate of drug-likeness (QED) is 0.503. The minimum Gasteiger partial charge on any atom is -0.461 e. The SMILES string of the molecule is O=[N+]([O-])c1ccccc1Oc1ccc2oc3c(c2c1)CCCC3. The number of ether oxygens (including phenoxy) is 1. The third-order valence-corrected chi connectivity index (χ3v) is 4.22. The molecule has 1 aliphatic rings. The highest BCUT2D eigenvalue weighted by atomic mass is 16.6. The summed E-state index contributed by atoms with van der Waals surface area (Å²) in [5.74, 6) is 1.89. The molecule has 0 aliphatic heterocycles. The molecule has 0 amide bonds. The minimum atomic E-state index is -0.437. The Bertz CT molecular complexity index is 897. The number of rotatable bonds is 3. The van der Waals surface area contributed by atoms with Gasteiger partial charge in [0.05, 0.1) is 4.92 Å². The first kappa shape index (κ1) is 13.8. The van der Waals surface area contributed by atoms with Crippen molar-refractivity contribution in [1.82, 2.24) is 0 Å². The van der Waals surface area contributed by atoms with Gasteiger partial charge in [-0.15, -0.1) is 0 Å². The normalized spacial score (nSPS) is 13.7. The highest BCUT2D eigenvalue weighted by molar-refractivity contribution is 5.84. The van der Waals surface area contributed by atoms with Crippen LogP contribution < -0.4 is 4.74 Å². The van der Waals surface area contributed by atoms with Crippen LogP contribution in [0.4, 0.5) is 5.69 Å². The number of hydrogen-bond donors (Lipinski definition) is 0. The van der Waals surface area contributed by atoms with E-state index in [1.807, 2.05) is 12.1 Å². The molecule has 0 bridgehead atoms. The zero-order valence-corrected chi connectivity index (χ0v) is 12.5. The first-order valence-electron chi connectivity index (χ1n) is 7.68. The van der Waals surface area contributed by atoms with Crippen LogP contribution in [0.1, 0.15) is 24.2 Å². The predicted octanol–water partition coefficient (Wildman–Crippen LogP) is 5.01. The van der Waals surface area contributed by atoms with Gasteiger partial charge >= 0.3 is 5.69 Å². The summed E-state index contributed by atoms with van der Waals surface area (Å²) in [6.45, 7) is 0. The Kier molecular flexibility index (Phi) is 3.26. The van der Waals surface area contributed by atoms with Crippen molar-refractivity contribution in [3.05, 3.63) is 63.9 Å². The maximum absolute atomic E-state index is 11.1. The smallest absolute Gasteiger partial charge is 0.311 e. The Morgan fingerprint density at radius 3 is 2.78 bits per heavy atom. The average Bonchev–Trinajstić information content (AvgIpc) is 2.93. The molecule has 23 heavy (non-hydrogen) atoms. The van der Waals surface area contributed by atoms with Gasteiger partial charge in [0, 0.05) is 23.4 Å². The molecule has 116 valence electrons. The van der Waals surface area contributed by atoms with E-state index in [1.54, 1.807) is 24.3 Å². The number of nitro benzene ring substituents is 1. The van der Waals surface area contributed by atoms with E-state index in [0.717, 1.165) is 42.4 Å².